The largest absolute Gasteiger partial charge is 0.354 e. The number of carbonyl (C=O) groups excluding carboxylic acids is 1. The zero-order valence-electron chi connectivity index (χ0n) is 17.3. The summed E-state index contributed by atoms with van der Waals surface area (Å²) in [5.41, 5.74) is 3.37. The van der Waals surface area contributed by atoms with Crippen LogP contribution in [0.2, 0.25) is 0 Å². The quantitative estimate of drug-likeness (QED) is 0.494. The lowest BCUT2D eigenvalue weighted by Gasteiger charge is -2.15. The van der Waals surface area contributed by atoms with Crippen LogP contribution in [0.1, 0.15) is 36.1 Å². The number of hydrogen-bond acceptors (Lipinski definition) is 8. The van der Waals surface area contributed by atoms with Crippen LogP contribution >= 0.6 is 11.8 Å². The third kappa shape index (κ3) is 4.90. The van der Waals surface area contributed by atoms with Gasteiger partial charge in [0.25, 0.3) is 0 Å². The van der Waals surface area contributed by atoms with Gasteiger partial charge >= 0.3 is 0 Å². The second kappa shape index (κ2) is 9.99. The summed E-state index contributed by atoms with van der Waals surface area (Å²) >= 11 is 1.43. The molecule has 2 N–H and O–H groups in total. The number of nitrogens with one attached hydrogen (secondary N) is 2. The summed E-state index contributed by atoms with van der Waals surface area (Å²) in [5.74, 6) is 0.677. The highest BCUT2D eigenvalue weighted by Crippen LogP contribution is 2.34. The smallest absolute Gasteiger partial charge is 0.223 e. The molecule has 1 aromatic heterocycles. The number of aromatic nitrogens is 2. The highest BCUT2D eigenvalue weighted by atomic mass is 32.2. The van der Waals surface area contributed by atoms with E-state index in [4.69, 9.17) is 5.26 Å². The van der Waals surface area contributed by atoms with Gasteiger partial charge in [0, 0.05) is 37.7 Å². The summed E-state index contributed by atoms with van der Waals surface area (Å²) in [4.78, 5) is 22.3. The molecule has 160 valence electrons. The fourth-order valence-electron chi connectivity index (χ4n) is 3.50. The molecule has 0 radical (unpaired) electrons. The zero-order valence-corrected chi connectivity index (χ0v) is 18.2. The minimum atomic E-state index is 0.226. The number of benzene rings is 1. The number of nitriles is 2. The molecule has 8 nitrogen and oxygen atoms in total. The zero-order chi connectivity index (χ0) is 22.3. The molecular weight excluding hydrogens is 422 g/mol. The van der Waals surface area contributed by atoms with Gasteiger partial charge in [-0.2, -0.15) is 10.5 Å². The molecule has 0 atom stereocenters. The SMILES string of the molecule is N#C/C(=C1\NC(c2ccc(C#N)cc2)=CS1)c1ccnc(NCCCN2CCCC2=O)n1. The van der Waals surface area contributed by atoms with Gasteiger partial charge in [-0.1, -0.05) is 23.9 Å². The van der Waals surface area contributed by atoms with Gasteiger partial charge < -0.3 is 15.5 Å². The summed E-state index contributed by atoms with van der Waals surface area (Å²) in [6.45, 7) is 2.21. The summed E-state index contributed by atoms with van der Waals surface area (Å²) in [5, 5.41) is 27.8. The van der Waals surface area contributed by atoms with Gasteiger partial charge in [0.15, 0.2) is 0 Å². The van der Waals surface area contributed by atoms with Gasteiger partial charge in [-0.25, -0.2) is 9.97 Å². The first-order valence-corrected chi connectivity index (χ1v) is 11.2. The Morgan fingerprint density at radius 2 is 2.09 bits per heavy atom. The van der Waals surface area contributed by atoms with Crippen molar-refractivity contribution in [3.8, 4) is 12.1 Å². The number of likely N-dealkylation sites (tertiary alicyclic amines) is 1. The van der Waals surface area contributed by atoms with Crippen molar-refractivity contribution in [1.82, 2.24) is 20.2 Å². The van der Waals surface area contributed by atoms with Crippen molar-refractivity contribution in [2.24, 2.45) is 0 Å². The van der Waals surface area contributed by atoms with Gasteiger partial charge in [0.1, 0.15) is 11.6 Å². The van der Waals surface area contributed by atoms with E-state index in [2.05, 4.69) is 32.7 Å². The molecule has 3 heterocycles. The van der Waals surface area contributed by atoms with Crippen LogP contribution in [0.4, 0.5) is 5.95 Å². The van der Waals surface area contributed by atoms with Crippen LogP contribution in [-0.4, -0.2) is 40.4 Å². The number of hydrogen-bond donors (Lipinski definition) is 2. The number of amides is 1. The van der Waals surface area contributed by atoms with Crippen molar-refractivity contribution >= 4 is 34.9 Å². The van der Waals surface area contributed by atoms with Crippen molar-refractivity contribution < 1.29 is 4.79 Å². The maximum Gasteiger partial charge on any atom is 0.223 e. The summed E-state index contributed by atoms with van der Waals surface area (Å²) in [7, 11) is 0. The highest BCUT2D eigenvalue weighted by Gasteiger charge is 2.20. The number of thioether (sulfide) groups is 1. The Morgan fingerprint density at radius 1 is 1.25 bits per heavy atom. The normalized spacial score (nSPS) is 16.8. The lowest BCUT2D eigenvalue weighted by atomic mass is 10.1. The molecular formula is C23H21N7OS. The standard InChI is InChI=1S/C23H21N7OS/c24-13-16-4-6-17(7-5-16)20-15-32-22(28-20)18(14-25)19-8-10-27-23(29-19)26-9-2-12-30-11-1-3-21(30)31/h4-8,10,15,28H,1-3,9,11-12H2,(H,26,27,29)/b22-18-. The third-order valence-electron chi connectivity index (χ3n) is 5.18. The molecule has 0 spiro atoms. The Bertz CT molecular complexity index is 1160. The fraction of sp³-hybridized carbons (Fsp3) is 0.261. The van der Waals surface area contributed by atoms with Crippen molar-refractivity contribution in [3.05, 3.63) is 63.8 Å². The third-order valence-corrected chi connectivity index (χ3v) is 6.07. The van der Waals surface area contributed by atoms with Crippen LogP contribution in [0, 0.1) is 22.7 Å². The van der Waals surface area contributed by atoms with Crippen LogP contribution in [0.25, 0.3) is 11.3 Å². The van der Waals surface area contributed by atoms with E-state index in [1.807, 2.05) is 22.4 Å². The van der Waals surface area contributed by atoms with Crippen LogP contribution in [0.3, 0.4) is 0 Å². The predicted octanol–water partition coefficient (Wildman–Crippen LogP) is 3.30. The topological polar surface area (TPSA) is 118 Å². The first-order valence-electron chi connectivity index (χ1n) is 10.3. The monoisotopic (exact) mass is 443 g/mol. The van der Waals surface area contributed by atoms with Crippen molar-refractivity contribution in [2.45, 2.75) is 19.3 Å². The number of nitrogens with zero attached hydrogens (tertiary/aromatic N) is 5. The first kappa shape index (κ1) is 21.4. The molecule has 2 aromatic rings. The van der Waals surface area contributed by atoms with Crippen LogP contribution in [0.15, 0.2) is 47.0 Å². The average molecular weight is 444 g/mol. The van der Waals surface area contributed by atoms with Crippen molar-refractivity contribution in [2.75, 3.05) is 25.0 Å². The molecule has 0 bridgehead atoms. The van der Waals surface area contributed by atoms with E-state index in [1.165, 1.54) is 11.8 Å². The summed E-state index contributed by atoms with van der Waals surface area (Å²) in [6, 6.07) is 13.3. The Hall–Kier alpha value is -3.82. The Labute approximate surface area is 190 Å². The number of allylic oxidation sites excluding steroid dienone is 1. The Balaban J connectivity index is 1.39. The molecule has 2 aliphatic heterocycles. The van der Waals surface area contributed by atoms with E-state index >= 15 is 0 Å². The van der Waals surface area contributed by atoms with E-state index in [9.17, 15) is 10.1 Å². The van der Waals surface area contributed by atoms with Crippen molar-refractivity contribution in [3.63, 3.8) is 0 Å². The van der Waals surface area contributed by atoms with Crippen LogP contribution in [-0.2, 0) is 4.79 Å². The number of anilines is 1. The molecule has 0 saturated carbocycles. The second-order valence-corrected chi connectivity index (χ2v) is 8.19. The van der Waals surface area contributed by atoms with E-state index in [0.717, 1.165) is 37.2 Å². The summed E-state index contributed by atoms with van der Waals surface area (Å²) < 4.78 is 0. The maximum absolute atomic E-state index is 11.7. The Kier molecular flexibility index (Phi) is 6.69. The fourth-order valence-corrected chi connectivity index (χ4v) is 4.37. The predicted molar refractivity (Wildman–Crippen MR) is 123 cm³/mol. The lowest BCUT2D eigenvalue weighted by Crippen LogP contribution is -2.27. The molecule has 0 unspecified atom stereocenters. The van der Waals surface area contributed by atoms with Gasteiger partial charge in [0.2, 0.25) is 11.9 Å². The summed E-state index contributed by atoms with van der Waals surface area (Å²) in [6.07, 6.45) is 4.02. The van der Waals surface area contributed by atoms with E-state index < -0.39 is 0 Å². The highest BCUT2D eigenvalue weighted by molar-refractivity contribution is 8.06. The second-order valence-electron chi connectivity index (χ2n) is 7.31. The molecule has 1 saturated heterocycles. The lowest BCUT2D eigenvalue weighted by molar-refractivity contribution is -0.127. The molecule has 1 fully saturated rings. The number of carbonyl (C=O) groups is 1. The average Bonchev–Trinajstić information content (AvgIpc) is 3.47. The Morgan fingerprint density at radius 3 is 2.81 bits per heavy atom. The van der Waals surface area contributed by atoms with Gasteiger partial charge in [-0.15, -0.1) is 0 Å². The van der Waals surface area contributed by atoms with Crippen LogP contribution < -0.4 is 10.6 Å². The molecule has 1 amide bonds. The van der Waals surface area contributed by atoms with E-state index in [1.54, 1.807) is 24.4 Å². The van der Waals surface area contributed by atoms with Crippen molar-refractivity contribution in [1.29, 1.82) is 10.5 Å². The molecule has 4 rings (SSSR count). The van der Waals surface area contributed by atoms with Gasteiger partial charge in [-0.05, 0) is 36.6 Å². The van der Waals surface area contributed by atoms with Gasteiger partial charge in [-0.3, -0.25) is 4.79 Å². The van der Waals surface area contributed by atoms with E-state index in [-0.39, 0.29) is 5.91 Å². The molecule has 1 aromatic carbocycles. The number of rotatable bonds is 7. The molecule has 32 heavy (non-hydrogen) atoms. The van der Waals surface area contributed by atoms with Gasteiger partial charge in [0.05, 0.1) is 28.1 Å². The van der Waals surface area contributed by atoms with E-state index in [0.29, 0.717) is 40.8 Å². The minimum absolute atomic E-state index is 0.226. The molecule has 2 aliphatic rings. The molecule has 0 aliphatic carbocycles. The minimum Gasteiger partial charge on any atom is -0.354 e. The molecule has 9 heteroatoms. The van der Waals surface area contributed by atoms with Crippen LogP contribution in [0.5, 0.6) is 0 Å². The maximum atomic E-state index is 11.7. The first-order chi connectivity index (χ1) is 15.7.